The van der Waals surface area contributed by atoms with Gasteiger partial charge in [-0.15, -0.1) is 0 Å². The molecular formula is C47H66GaN11O15. The van der Waals surface area contributed by atoms with E-state index in [1.165, 1.54) is 18.3 Å². The van der Waals surface area contributed by atoms with Crippen LogP contribution in [0.25, 0.3) is 11.2 Å². The monoisotopic (exact) mass is 1090 g/mol. The first-order valence-corrected chi connectivity index (χ1v) is 24.2. The van der Waals surface area contributed by atoms with Gasteiger partial charge >= 0.3 is 25.8 Å². The second-order valence-corrected chi connectivity index (χ2v) is 17.4. The first-order valence-electron chi connectivity index (χ1n) is 24.2. The van der Waals surface area contributed by atoms with Crippen LogP contribution in [0.4, 0.5) is 11.6 Å². The molecule has 0 unspecified atom stereocenters. The number of hydrogen-bond acceptors (Lipinski definition) is 23. The summed E-state index contributed by atoms with van der Waals surface area (Å²) < 4.78 is 16.7. The number of carboxylic acids is 4. The van der Waals surface area contributed by atoms with Crippen molar-refractivity contribution in [1.29, 1.82) is 0 Å². The SMILES string of the molecule is Nc1nc2ncc(CNc3ccc(C(=O)N[C@@H](CCC(=O)CCCCOCCOCCOCCCCC(=O)CN4CCN(CC(=O)[O-])CCN(CC(=O)[O-])CCN(CC(=O)[O-])CC4)C(=O)O)cc3)nc2c(=O)[nH]1.[Ga+3]. The van der Waals surface area contributed by atoms with Crippen LogP contribution in [0.15, 0.2) is 35.3 Å². The predicted octanol–water partition coefficient (Wildman–Crippen LogP) is -4.51. The van der Waals surface area contributed by atoms with E-state index in [4.69, 9.17) is 19.9 Å². The minimum absolute atomic E-state index is 0. The Bertz CT molecular complexity index is 2300. The molecule has 26 nitrogen and oxygen atoms in total. The smallest absolute Gasteiger partial charge is 0.549 e. The van der Waals surface area contributed by atoms with E-state index < -0.39 is 47.9 Å². The van der Waals surface area contributed by atoms with Crippen molar-refractivity contribution in [3.8, 4) is 0 Å². The summed E-state index contributed by atoms with van der Waals surface area (Å²) in [6.07, 6.45) is 4.29. The molecule has 6 N–H and O–H groups in total. The Morgan fingerprint density at radius 2 is 1.14 bits per heavy atom. The standard InChI is InChI=1S/C47H69N11O15.Ga/c48-47-53-43-42(45(68)54-47)51-35(28-50-43)27-49-34-9-7-33(8-10-34)44(67)52-38(46(69)70)12-11-36(59)5-1-3-21-71-23-25-73-26-24-72-22-4-2-6-37(60)29-55-13-15-56(30-39(61)62)17-19-58(32-41(65)66)20-18-57(16-14-55)31-40(63)64;/h7-10,28,38,49H,1-6,11-27,29-32H2,(H,52,67)(H,61,62)(H,63,64)(H,65,66)(H,69,70)(H3,48,50,53,54,68);/q;+3/p-3/t38-;/m0./s1. The van der Waals surface area contributed by atoms with Crippen LogP contribution in [0, 0.1) is 0 Å². The number of carbonyl (C=O) groups is 7. The van der Waals surface area contributed by atoms with Gasteiger partial charge in [-0.2, -0.15) is 4.98 Å². The van der Waals surface area contributed by atoms with Gasteiger partial charge in [0, 0.05) is 116 Å². The number of fused-ring (bicyclic) bond motifs is 1. The third-order valence-electron chi connectivity index (χ3n) is 11.5. The Kier molecular flexibility index (Phi) is 29.1. The topological polar surface area (TPSA) is 371 Å². The largest absolute Gasteiger partial charge is 3.00 e. The minimum atomic E-state index is -1.30. The summed E-state index contributed by atoms with van der Waals surface area (Å²) in [5, 5.41) is 49.4. The summed E-state index contributed by atoms with van der Waals surface area (Å²) in [5.41, 5.74) is 6.49. The maximum Gasteiger partial charge on any atom is 3.00 e. The number of aliphatic carboxylic acids is 4. The molecule has 2 aromatic heterocycles. The summed E-state index contributed by atoms with van der Waals surface area (Å²) in [5.74, 6) is -5.96. The first kappa shape index (κ1) is 62.4. The number of benzene rings is 1. The molecule has 0 aliphatic carbocycles. The molecule has 1 amide bonds. The molecule has 1 aromatic carbocycles. The third kappa shape index (κ3) is 25.4. The fraction of sp³-hybridized carbons (Fsp3) is 0.596. The van der Waals surface area contributed by atoms with E-state index in [-0.39, 0.29) is 139 Å². The average Bonchev–Trinajstić information content (AvgIpc) is 3.33. The van der Waals surface area contributed by atoms with Crippen LogP contribution in [-0.4, -0.2) is 230 Å². The number of aromatic nitrogens is 4. The number of nitrogens with one attached hydrogen (secondary N) is 3. The van der Waals surface area contributed by atoms with Crippen LogP contribution in [0.3, 0.4) is 0 Å². The second-order valence-electron chi connectivity index (χ2n) is 17.4. The molecule has 4 rings (SSSR count). The molecule has 74 heavy (non-hydrogen) atoms. The van der Waals surface area contributed by atoms with Gasteiger partial charge in [0.15, 0.2) is 11.2 Å². The van der Waals surface area contributed by atoms with Gasteiger partial charge in [0.05, 0.1) is 69.3 Å². The van der Waals surface area contributed by atoms with Crippen molar-refractivity contribution in [2.45, 2.75) is 64.0 Å². The van der Waals surface area contributed by atoms with Crippen molar-refractivity contribution in [2.75, 3.05) is 129 Å². The molecule has 3 heterocycles. The van der Waals surface area contributed by atoms with Gasteiger partial charge in [-0.3, -0.25) is 43.8 Å². The maximum absolute atomic E-state index is 12.9. The fourth-order valence-corrected chi connectivity index (χ4v) is 7.60. The van der Waals surface area contributed by atoms with Gasteiger partial charge in [0.1, 0.15) is 17.6 Å². The molecular weight excluding hydrogens is 1030 g/mol. The summed E-state index contributed by atoms with van der Waals surface area (Å²) in [7, 11) is 0. The fourth-order valence-electron chi connectivity index (χ4n) is 7.60. The molecule has 1 aliphatic rings. The van der Waals surface area contributed by atoms with Crippen LogP contribution in [0.2, 0.25) is 0 Å². The molecule has 1 aliphatic heterocycles. The molecule has 0 spiro atoms. The van der Waals surface area contributed by atoms with Gasteiger partial charge in [0.25, 0.3) is 11.5 Å². The molecule has 1 saturated heterocycles. The van der Waals surface area contributed by atoms with Crippen molar-refractivity contribution in [1.82, 2.24) is 44.9 Å². The van der Waals surface area contributed by atoms with Crippen molar-refractivity contribution in [2.24, 2.45) is 0 Å². The number of nitrogens with two attached hydrogens (primary N) is 1. The van der Waals surface area contributed by atoms with Crippen molar-refractivity contribution < 1.29 is 68.2 Å². The number of carboxylic acid groups (broad SMARTS) is 4. The number of amides is 1. The summed E-state index contributed by atoms with van der Waals surface area (Å²) in [6.45, 7) is 3.46. The number of ether oxygens (including phenoxy) is 3. The van der Waals surface area contributed by atoms with Gasteiger partial charge < -0.3 is 65.4 Å². The quantitative estimate of drug-likeness (QED) is 0.0283. The van der Waals surface area contributed by atoms with E-state index in [0.717, 1.165) is 0 Å². The van der Waals surface area contributed by atoms with Crippen LogP contribution < -0.4 is 37.2 Å². The number of hydrogen-bond donors (Lipinski definition) is 5. The zero-order valence-corrected chi connectivity index (χ0v) is 43.9. The van der Waals surface area contributed by atoms with E-state index >= 15 is 0 Å². The number of ketones is 2. The Balaban J connectivity index is 0.0000144. The van der Waals surface area contributed by atoms with E-state index in [1.807, 2.05) is 4.90 Å². The van der Waals surface area contributed by atoms with Crippen LogP contribution in [-0.2, 0) is 49.5 Å². The molecule has 0 bridgehead atoms. The number of rotatable bonds is 33. The van der Waals surface area contributed by atoms with E-state index in [9.17, 15) is 58.8 Å². The van der Waals surface area contributed by atoms with Crippen LogP contribution in [0.1, 0.15) is 67.4 Å². The van der Waals surface area contributed by atoms with E-state index in [1.54, 1.807) is 26.8 Å². The zero-order chi connectivity index (χ0) is 53.0. The van der Waals surface area contributed by atoms with Gasteiger partial charge in [0.2, 0.25) is 5.95 Å². The normalized spacial score (nSPS) is 14.8. The molecule has 3 aromatic rings. The van der Waals surface area contributed by atoms with Gasteiger partial charge in [-0.05, 0) is 56.4 Å². The van der Waals surface area contributed by atoms with Gasteiger partial charge in [-0.25, -0.2) is 14.8 Å². The number of nitrogens with zero attached hydrogens (tertiary/aromatic N) is 7. The molecule has 0 saturated carbocycles. The number of unbranched alkanes of at least 4 members (excludes halogenated alkanes) is 2. The average molecular weight is 1090 g/mol. The Morgan fingerprint density at radius 1 is 0.662 bits per heavy atom. The summed E-state index contributed by atoms with van der Waals surface area (Å²) in [4.78, 5) is 118. The number of anilines is 2. The molecule has 1 atom stereocenters. The Hall–Kier alpha value is -5.91. The van der Waals surface area contributed by atoms with Gasteiger partial charge in [-0.1, -0.05) is 0 Å². The minimum Gasteiger partial charge on any atom is -0.549 e. The third-order valence-corrected chi connectivity index (χ3v) is 11.5. The first-order chi connectivity index (χ1) is 35.0. The number of carbonyl (C=O) groups excluding carboxylic acids is 6. The number of nitrogen functional groups attached to an aromatic ring is 1. The van der Waals surface area contributed by atoms with Crippen molar-refractivity contribution in [3.05, 3.63) is 52.1 Å². The van der Waals surface area contributed by atoms with E-state index in [0.29, 0.717) is 96.2 Å². The predicted molar refractivity (Wildman–Crippen MR) is 261 cm³/mol. The summed E-state index contributed by atoms with van der Waals surface area (Å²) >= 11 is 0. The number of aromatic amines is 1. The molecule has 0 radical (unpaired) electrons. The Morgan fingerprint density at radius 3 is 1.62 bits per heavy atom. The van der Waals surface area contributed by atoms with E-state index in [2.05, 4.69) is 30.6 Å². The maximum atomic E-state index is 12.9. The number of H-pyrrole nitrogens is 1. The number of Topliss-reactive ketones (excluding diaryl/α,β-unsaturated/α-hetero) is 2. The van der Waals surface area contributed by atoms with Crippen LogP contribution >= 0.6 is 0 Å². The zero-order valence-electron chi connectivity index (χ0n) is 41.5. The summed E-state index contributed by atoms with van der Waals surface area (Å²) in [6, 6.07) is 5.03. The second kappa shape index (κ2) is 34.6. The van der Waals surface area contributed by atoms with Crippen LogP contribution in [0.5, 0.6) is 0 Å². The van der Waals surface area contributed by atoms with Crippen molar-refractivity contribution >= 4 is 83.9 Å². The van der Waals surface area contributed by atoms with Crippen molar-refractivity contribution in [3.63, 3.8) is 0 Å². The molecule has 402 valence electrons. The molecule has 27 heteroatoms. The molecule has 1 fully saturated rings. The Labute approximate surface area is 440 Å².